The second kappa shape index (κ2) is 9.28. The summed E-state index contributed by atoms with van der Waals surface area (Å²) in [6, 6.07) is 4.68. The number of hydrogen-bond acceptors (Lipinski definition) is 5. The Bertz CT molecular complexity index is 775. The number of rotatable bonds is 6. The molecule has 1 amide bonds. The van der Waals surface area contributed by atoms with Gasteiger partial charge in [-0.05, 0) is 62.0 Å². The van der Waals surface area contributed by atoms with Crippen LogP contribution in [0.25, 0.3) is 11.4 Å². The lowest BCUT2D eigenvalue weighted by Gasteiger charge is -2.34. The van der Waals surface area contributed by atoms with E-state index in [1.807, 2.05) is 0 Å². The van der Waals surface area contributed by atoms with E-state index in [1.165, 1.54) is 6.07 Å². The van der Waals surface area contributed by atoms with Gasteiger partial charge in [-0.1, -0.05) is 12.1 Å². The number of aromatic nitrogens is 2. The van der Waals surface area contributed by atoms with E-state index < -0.39 is 0 Å². The van der Waals surface area contributed by atoms with E-state index in [1.54, 1.807) is 19.1 Å². The van der Waals surface area contributed by atoms with Crippen LogP contribution in [0.1, 0.15) is 37.6 Å². The Morgan fingerprint density at radius 2 is 2.11 bits per heavy atom. The molecule has 0 spiro atoms. The van der Waals surface area contributed by atoms with Gasteiger partial charge in [-0.2, -0.15) is 4.98 Å². The monoisotopic (exact) mass is 396 g/mol. The molecule has 0 bridgehead atoms. The van der Waals surface area contributed by atoms with E-state index in [2.05, 4.69) is 27.7 Å². The van der Waals surface area contributed by atoms with Crippen molar-refractivity contribution in [3.63, 3.8) is 0 Å². The molecule has 1 aliphatic heterocycles. The molecule has 1 aromatic heterocycles. The fraction of sp³-hybridized carbons (Fsp3) is 0.526. The van der Waals surface area contributed by atoms with Gasteiger partial charge < -0.3 is 15.2 Å². The summed E-state index contributed by atoms with van der Waals surface area (Å²) in [6.45, 7) is 6.59. The van der Waals surface area contributed by atoms with Crippen LogP contribution in [0.15, 0.2) is 22.7 Å². The first-order valence-electron chi connectivity index (χ1n) is 9.02. The number of carbonyl (C=O) groups excluding carboxylic acids is 1. The zero-order valence-corrected chi connectivity index (χ0v) is 16.5. The smallest absolute Gasteiger partial charge is 0.227 e. The number of nitrogens with zero attached hydrogens (tertiary/aromatic N) is 2. The largest absolute Gasteiger partial charge is 0.356 e. The summed E-state index contributed by atoms with van der Waals surface area (Å²) in [5.74, 6) is 0.537. The third kappa shape index (κ3) is 5.74. The third-order valence-electron chi connectivity index (χ3n) is 4.97. The first-order chi connectivity index (χ1) is 12.5. The predicted molar refractivity (Wildman–Crippen MR) is 103 cm³/mol. The van der Waals surface area contributed by atoms with Gasteiger partial charge in [0.15, 0.2) is 0 Å². The van der Waals surface area contributed by atoms with Crippen LogP contribution in [0.4, 0.5) is 4.39 Å². The Labute approximate surface area is 164 Å². The minimum Gasteiger partial charge on any atom is -0.356 e. The Morgan fingerprint density at radius 3 is 2.81 bits per heavy atom. The SMILES string of the molecule is Cc1cc(-c2noc(CCC(=O)NCC3(C)CCNCC3)n2)ccc1F.Cl. The average Bonchev–Trinajstić information content (AvgIpc) is 3.10. The van der Waals surface area contributed by atoms with Crippen molar-refractivity contribution in [1.82, 2.24) is 20.8 Å². The number of amides is 1. The van der Waals surface area contributed by atoms with Gasteiger partial charge in [-0.25, -0.2) is 4.39 Å². The number of hydrogen-bond donors (Lipinski definition) is 2. The molecule has 1 saturated heterocycles. The number of aryl methyl sites for hydroxylation is 2. The van der Waals surface area contributed by atoms with E-state index >= 15 is 0 Å². The molecule has 0 aliphatic carbocycles. The van der Waals surface area contributed by atoms with Crippen LogP contribution >= 0.6 is 12.4 Å². The summed E-state index contributed by atoms with van der Waals surface area (Å²) in [5, 5.41) is 10.3. The zero-order chi connectivity index (χ0) is 18.6. The maximum Gasteiger partial charge on any atom is 0.227 e. The highest BCUT2D eigenvalue weighted by Crippen LogP contribution is 2.26. The lowest BCUT2D eigenvalue weighted by Crippen LogP contribution is -2.42. The van der Waals surface area contributed by atoms with Crippen molar-refractivity contribution in [2.24, 2.45) is 5.41 Å². The number of nitrogens with one attached hydrogen (secondary N) is 2. The standard InChI is InChI=1S/C19H25FN4O2.ClH/c1-13-11-14(3-4-15(13)20)18-23-17(26-24-18)6-5-16(25)22-12-19(2)7-9-21-10-8-19;/h3-4,11,21H,5-10,12H2,1-2H3,(H,22,25);1H. The topological polar surface area (TPSA) is 80.0 Å². The molecule has 3 rings (SSSR count). The second-order valence-electron chi connectivity index (χ2n) is 7.31. The summed E-state index contributed by atoms with van der Waals surface area (Å²) in [6.07, 6.45) is 2.82. The lowest BCUT2D eigenvalue weighted by atomic mass is 9.81. The highest BCUT2D eigenvalue weighted by molar-refractivity contribution is 5.85. The molecule has 2 aromatic rings. The summed E-state index contributed by atoms with van der Waals surface area (Å²) >= 11 is 0. The molecule has 6 nitrogen and oxygen atoms in total. The summed E-state index contributed by atoms with van der Waals surface area (Å²) in [5.41, 5.74) is 1.39. The van der Waals surface area contributed by atoms with Crippen molar-refractivity contribution in [2.75, 3.05) is 19.6 Å². The summed E-state index contributed by atoms with van der Waals surface area (Å²) in [7, 11) is 0. The van der Waals surface area contributed by atoms with Crippen molar-refractivity contribution in [3.8, 4) is 11.4 Å². The van der Waals surface area contributed by atoms with E-state index in [9.17, 15) is 9.18 Å². The summed E-state index contributed by atoms with van der Waals surface area (Å²) < 4.78 is 18.6. The molecular formula is C19H26ClFN4O2. The minimum atomic E-state index is -0.267. The molecule has 1 fully saturated rings. The molecular weight excluding hydrogens is 371 g/mol. The van der Waals surface area contributed by atoms with Gasteiger partial charge in [0.2, 0.25) is 17.6 Å². The van der Waals surface area contributed by atoms with E-state index in [-0.39, 0.29) is 29.5 Å². The van der Waals surface area contributed by atoms with Gasteiger partial charge in [0.25, 0.3) is 0 Å². The molecule has 0 atom stereocenters. The maximum atomic E-state index is 13.4. The van der Waals surface area contributed by atoms with Gasteiger partial charge in [0.1, 0.15) is 5.82 Å². The molecule has 27 heavy (non-hydrogen) atoms. The zero-order valence-electron chi connectivity index (χ0n) is 15.7. The van der Waals surface area contributed by atoms with Gasteiger partial charge in [0, 0.05) is 24.9 Å². The Kier molecular flexibility index (Phi) is 7.33. The van der Waals surface area contributed by atoms with Crippen molar-refractivity contribution >= 4 is 18.3 Å². The van der Waals surface area contributed by atoms with Gasteiger partial charge >= 0.3 is 0 Å². The number of halogens is 2. The van der Waals surface area contributed by atoms with Crippen molar-refractivity contribution in [1.29, 1.82) is 0 Å². The van der Waals surface area contributed by atoms with E-state index in [0.717, 1.165) is 25.9 Å². The van der Waals surface area contributed by atoms with E-state index in [4.69, 9.17) is 4.52 Å². The second-order valence-corrected chi connectivity index (χ2v) is 7.31. The molecule has 0 unspecified atom stereocenters. The molecule has 1 aliphatic rings. The lowest BCUT2D eigenvalue weighted by molar-refractivity contribution is -0.121. The van der Waals surface area contributed by atoms with Gasteiger partial charge in [-0.15, -0.1) is 12.4 Å². The Morgan fingerprint density at radius 1 is 1.37 bits per heavy atom. The average molecular weight is 397 g/mol. The third-order valence-corrected chi connectivity index (χ3v) is 4.97. The molecule has 0 radical (unpaired) electrons. The molecule has 2 N–H and O–H groups in total. The van der Waals surface area contributed by atoms with Crippen molar-refractivity contribution < 1.29 is 13.7 Å². The van der Waals surface area contributed by atoms with Crippen LogP contribution in [0.5, 0.6) is 0 Å². The van der Waals surface area contributed by atoms with Crippen LogP contribution in [-0.2, 0) is 11.2 Å². The van der Waals surface area contributed by atoms with Crippen molar-refractivity contribution in [3.05, 3.63) is 35.5 Å². The summed E-state index contributed by atoms with van der Waals surface area (Å²) in [4.78, 5) is 16.4. The van der Waals surface area contributed by atoms with Crippen LogP contribution < -0.4 is 10.6 Å². The Hall–Kier alpha value is -1.99. The number of benzene rings is 1. The quantitative estimate of drug-likeness (QED) is 0.784. The van der Waals surface area contributed by atoms with Crippen LogP contribution in [0.3, 0.4) is 0 Å². The predicted octanol–water partition coefficient (Wildman–Crippen LogP) is 3.04. The highest BCUT2D eigenvalue weighted by Gasteiger charge is 2.27. The molecule has 2 heterocycles. The fourth-order valence-electron chi connectivity index (χ4n) is 3.09. The minimum absolute atomic E-state index is 0. The first kappa shape index (κ1) is 21.3. The highest BCUT2D eigenvalue weighted by atomic mass is 35.5. The molecule has 8 heteroatoms. The Balaban J connectivity index is 0.00000261. The van der Waals surface area contributed by atoms with Crippen LogP contribution in [-0.4, -0.2) is 35.7 Å². The van der Waals surface area contributed by atoms with Crippen LogP contribution in [0, 0.1) is 18.2 Å². The molecule has 148 valence electrons. The van der Waals surface area contributed by atoms with Crippen LogP contribution in [0.2, 0.25) is 0 Å². The first-order valence-corrected chi connectivity index (χ1v) is 9.02. The van der Waals surface area contributed by atoms with Gasteiger partial charge in [-0.3, -0.25) is 4.79 Å². The maximum absolute atomic E-state index is 13.4. The van der Waals surface area contributed by atoms with Crippen molar-refractivity contribution in [2.45, 2.75) is 39.5 Å². The van der Waals surface area contributed by atoms with Gasteiger partial charge in [0.05, 0.1) is 0 Å². The molecule has 0 saturated carbocycles. The normalized spacial score (nSPS) is 15.8. The number of carbonyl (C=O) groups is 1. The van der Waals surface area contributed by atoms with E-state index in [0.29, 0.717) is 42.2 Å². The molecule has 1 aromatic carbocycles. The fourth-order valence-corrected chi connectivity index (χ4v) is 3.09. The number of piperidine rings is 1.